The van der Waals surface area contributed by atoms with E-state index in [1.807, 2.05) is 0 Å². The van der Waals surface area contributed by atoms with E-state index in [1.54, 1.807) is 6.08 Å². The Bertz CT molecular complexity index is 548. The number of hydrogen-bond donors (Lipinski definition) is 1. The summed E-state index contributed by atoms with van der Waals surface area (Å²) in [5.74, 6) is -2.02. The summed E-state index contributed by atoms with van der Waals surface area (Å²) in [5.41, 5.74) is -0.169. The van der Waals surface area contributed by atoms with E-state index in [-0.39, 0.29) is 17.8 Å². The molecule has 5 heteroatoms. The maximum Gasteiger partial charge on any atom is 0.334 e. The van der Waals surface area contributed by atoms with Crippen LogP contribution in [0.4, 0.5) is 0 Å². The second kappa shape index (κ2) is 4.06. The van der Waals surface area contributed by atoms with Gasteiger partial charge in [-0.05, 0) is 6.42 Å². The molecular weight excluding hydrogens is 260 g/mol. The SMILES string of the molecule is C=CC12COC(=O)C(=C)C1C(O)[C@@H]1C(=C)C(=O)OC1C2. The Morgan fingerprint density at radius 3 is 2.60 bits per heavy atom. The molecule has 0 bridgehead atoms. The number of carbonyl (C=O) groups is 2. The van der Waals surface area contributed by atoms with Gasteiger partial charge in [0.25, 0.3) is 0 Å². The highest BCUT2D eigenvalue weighted by atomic mass is 16.6. The zero-order valence-electron chi connectivity index (χ0n) is 11.0. The molecule has 0 aromatic rings. The number of aliphatic hydroxyl groups excluding tert-OH is 1. The fourth-order valence-corrected chi connectivity index (χ4v) is 3.68. The molecule has 1 aliphatic carbocycles. The molecule has 3 fully saturated rings. The molecule has 0 radical (unpaired) electrons. The van der Waals surface area contributed by atoms with Crippen molar-refractivity contribution in [3.63, 3.8) is 0 Å². The second-order valence-corrected chi connectivity index (χ2v) is 5.71. The summed E-state index contributed by atoms with van der Waals surface area (Å²) < 4.78 is 10.4. The molecule has 1 N–H and O–H groups in total. The number of esters is 2. The maximum atomic E-state index is 11.7. The summed E-state index contributed by atoms with van der Waals surface area (Å²) in [5, 5.41) is 10.6. The van der Waals surface area contributed by atoms with Gasteiger partial charge in [0, 0.05) is 22.5 Å². The molecule has 20 heavy (non-hydrogen) atoms. The van der Waals surface area contributed by atoms with Gasteiger partial charge in [-0.1, -0.05) is 19.2 Å². The Labute approximate surface area is 116 Å². The van der Waals surface area contributed by atoms with Crippen molar-refractivity contribution in [1.82, 2.24) is 0 Å². The molecule has 5 atom stereocenters. The van der Waals surface area contributed by atoms with Crippen LogP contribution >= 0.6 is 0 Å². The van der Waals surface area contributed by atoms with Crippen LogP contribution in [0.2, 0.25) is 0 Å². The Balaban J connectivity index is 2.06. The molecule has 2 saturated heterocycles. The lowest BCUT2D eigenvalue weighted by molar-refractivity contribution is -0.166. The van der Waals surface area contributed by atoms with Crippen LogP contribution in [0.5, 0.6) is 0 Å². The predicted octanol–water partition coefficient (Wildman–Crippen LogP) is 0.750. The van der Waals surface area contributed by atoms with Crippen molar-refractivity contribution in [3.8, 4) is 0 Å². The topological polar surface area (TPSA) is 72.8 Å². The smallest absolute Gasteiger partial charge is 0.334 e. The first-order valence-electron chi connectivity index (χ1n) is 6.48. The molecule has 0 aromatic heterocycles. The number of fused-ring (bicyclic) bond motifs is 2. The fourth-order valence-electron chi connectivity index (χ4n) is 3.68. The minimum Gasteiger partial charge on any atom is -0.461 e. The molecular formula is C15H16O5. The quantitative estimate of drug-likeness (QED) is 0.434. The van der Waals surface area contributed by atoms with Gasteiger partial charge in [0.15, 0.2) is 0 Å². The van der Waals surface area contributed by atoms with E-state index in [4.69, 9.17) is 9.47 Å². The van der Waals surface area contributed by atoms with E-state index in [0.29, 0.717) is 6.42 Å². The maximum absolute atomic E-state index is 11.7. The van der Waals surface area contributed by atoms with E-state index in [1.165, 1.54) is 0 Å². The third-order valence-electron chi connectivity index (χ3n) is 4.75. The van der Waals surface area contributed by atoms with Gasteiger partial charge in [-0.2, -0.15) is 0 Å². The van der Waals surface area contributed by atoms with Crippen LogP contribution in [0, 0.1) is 17.3 Å². The highest BCUT2D eigenvalue weighted by Crippen LogP contribution is 2.54. The molecule has 3 rings (SSSR count). The molecule has 2 heterocycles. The van der Waals surface area contributed by atoms with Crippen molar-refractivity contribution < 1.29 is 24.2 Å². The van der Waals surface area contributed by atoms with Crippen LogP contribution in [0.15, 0.2) is 37.0 Å². The minimum atomic E-state index is -0.953. The summed E-state index contributed by atoms with van der Waals surface area (Å²) in [6, 6.07) is 0. The van der Waals surface area contributed by atoms with Gasteiger partial charge in [0.05, 0.1) is 12.0 Å². The molecule has 1 saturated carbocycles. The molecule has 106 valence electrons. The van der Waals surface area contributed by atoms with Gasteiger partial charge < -0.3 is 14.6 Å². The Hall–Kier alpha value is -1.88. The minimum absolute atomic E-state index is 0.114. The standard InChI is InChI=1S/C15H16O5/c1-4-15-5-9-10(7(2)14(18)20-9)12(16)11(15)8(3)13(17)19-6-15/h4,9-12,16H,1-3,5-6H2/t9?,10-,11?,12?,15?/m1/s1. The summed E-state index contributed by atoms with van der Waals surface area (Å²) in [7, 11) is 0. The lowest BCUT2D eigenvalue weighted by Gasteiger charge is -2.50. The van der Waals surface area contributed by atoms with Crippen LogP contribution in [0.1, 0.15) is 6.42 Å². The molecule has 2 aliphatic heterocycles. The number of cyclic esters (lactones) is 1. The third-order valence-corrected chi connectivity index (χ3v) is 4.75. The average Bonchev–Trinajstić information content (AvgIpc) is 2.69. The van der Waals surface area contributed by atoms with Crippen molar-refractivity contribution >= 4 is 11.9 Å². The second-order valence-electron chi connectivity index (χ2n) is 5.71. The highest BCUT2D eigenvalue weighted by molar-refractivity contribution is 5.92. The first kappa shape index (κ1) is 13.1. The summed E-state index contributed by atoms with van der Waals surface area (Å²) >= 11 is 0. The molecule has 5 nitrogen and oxygen atoms in total. The van der Waals surface area contributed by atoms with E-state index in [2.05, 4.69) is 19.7 Å². The van der Waals surface area contributed by atoms with Crippen molar-refractivity contribution in [3.05, 3.63) is 37.0 Å². The fraction of sp³-hybridized carbons (Fsp3) is 0.467. The molecule has 0 amide bonds. The van der Waals surface area contributed by atoms with E-state index < -0.39 is 41.4 Å². The number of carbonyl (C=O) groups excluding carboxylic acids is 2. The van der Waals surface area contributed by atoms with E-state index >= 15 is 0 Å². The first-order valence-corrected chi connectivity index (χ1v) is 6.48. The Kier molecular flexibility index (Phi) is 2.66. The van der Waals surface area contributed by atoms with Gasteiger partial charge in [-0.25, -0.2) is 9.59 Å². The van der Waals surface area contributed by atoms with Crippen LogP contribution in [-0.4, -0.2) is 35.9 Å². The zero-order chi connectivity index (χ0) is 14.7. The van der Waals surface area contributed by atoms with Crippen LogP contribution in [0.25, 0.3) is 0 Å². The van der Waals surface area contributed by atoms with Gasteiger partial charge in [-0.3, -0.25) is 0 Å². The van der Waals surface area contributed by atoms with Crippen LogP contribution < -0.4 is 0 Å². The van der Waals surface area contributed by atoms with Crippen molar-refractivity contribution in [2.45, 2.75) is 18.6 Å². The number of aliphatic hydroxyl groups is 1. The monoisotopic (exact) mass is 276 g/mol. The van der Waals surface area contributed by atoms with E-state index in [9.17, 15) is 14.7 Å². The van der Waals surface area contributed by atoms with Crippen LogP contribution in [-0.2, 0) is 19.1 Å². The summed E-state index contributed by atoms with van der Waals surface area (Å²) in [4.78, 5) is 23.4. The number of rotatable bonds is 1. The van der Waals surface area contributed by atoms with Gasteiger partial charge in [0.2, 0.25) is 0 Å². The molecule has 3 aliphatic rings. The average molecular weight is 276 g/mol. The largest absolute Gasteiger partial charge is 0.461 e. The summed E-state index contributed by atoms with van der Waals surface area (Å²) in [6.45, 7) is 11.4. The van der Waals surface area contributed by atoms with Gasteiger partial charge >= 0.3 is 11.9 Å². The third kappa shape index (κ3) is 1.47. The van der Waals surface area contributed by atoms with Crippen LogP contribution in [0.3, 0.4) is 0 Å². The zero-order valence-corrected chi connectivity index (χ0v) is 11.0. The van der Waals surface area contributed by atoms with Gasteiger partial charge in [0.1, 0.15) is 12.7 Å². The number of hydrogen-bond acceptors (Lipinski definition) is 5. The lowest BCUT2D eigenvalue weighted by Crippen LogP contribution is -2.56. The predicted molar refractivity (Wildman–Crippen MR) is 69.4 cm³/mol. The lowest BCUT2D eigenvalue weighted by atomic mass is 9.57. The summed E-state index contributed by atoms with van der Waals surface area (Å²) in [6.07, 6.45) is 0.707. The van der Waals surface area contributed by atoms with Gasteiger partial charge in [-0.15, -0.1) is 6.58 Å². The Morgan fingerprint density at radius 2 is 1.95 bits per heavy atom. The first-order chi connectivity index (χ1) is 9.41. The highest BCUT2D eigenvalue weighted by Gasteiger charge is 2.60. The number of ether oxygens (including phenoxy) is 2. The Morgan fingerprint density at radius 1 is 1.25 bits per heavy atom. The van der Waals surface area contributed by atoms with Crippen molar-refractivity contribution in [2.75, 3.05) is 6.61 Å². The molecule has 0 aromatic carbocycles. The molecule has 4 unspecified atom stereocenters. The van der Waals surface area contributed by atoms with Crippen molar-refractivity contribution in [1.29, 1.82) is 0 Å². The van der Waals surface area contributed by atoms with Crippen molar-refractivity contribution in [2.24, 2.45) is 17.3 Å². The van der Waals surface area contributed by atoms with E-state index in [0.717, 1.165) is 0 Å². The molecule has 0 spiro atoms. The normalized spacial score (nSPS) is 43.5.